The maximum absolute atomic E-state index is 12.7. The first-order valence-corrected chi connectivity index (χ1v) is 10.2. The molecule has 0 atom stereocenters. The van der Waals surface area contributed by atoms with Gasteiger partial charge in [-0.3, -0.25) is 4.79 Å². The Morgan fingerprint density at radius 3 is 2.64 bits per heavy atom. The zero-order chi connectivity index (χ0) is 17.9. The van der Waals surface area contributed by atoms with Crippen LogP contribution in [0, 0.1) is 0 Å². The van der Waals surface area contributed by atoms with Crippen molar-refractivity contribution in [1.82, 2.24) is 9.21 Å². The van der Waals surface area contributed by atoms with Crippen LogP contribution in [0.5, 0.6) is 5.75 Å². The number of morpholine rings is 1. The molecule has 7 nitrogen and oxygen atoms in total. The highest BCUT2D eigenvalue weighted by Crippen LogP contribution is 2.26. The average Bonchev–Trinajstić information content (AvgIpc) is 2.84. The van der Waals surface area contributed by atoms with Crippen LogP contribution >= 0.6 is 0 Å². The molecule has 0 N–H and O–H groups in total. The minimum Gasteiger partial charge on any atom is -0.492 e. The Bertz CT molecular complexity index is 729. The quantitative estimate of drug-likeness (QED) is 0.795. The summed E-state index contributed by atoms with van der Waals surface area (Å²) in [5.41, 5.74) is 1.29. The van der Waals surface area contributed by atoms with Crippen molar-refractivity contribution < 1.29 is 22.7 Å². The van der Waals surface area contributed by atoms with E-state index < -0.39 is 10.0 Å². The summed E-state index contributed by atoms with van der Waals surface area (Å²) in [5.74, 6) is 0.709. The Balaban J connectivity index is 1.83. The van der Waals surface area contributed by atoms with Crippen molar-refractivity contribution in [1.29, 1.82) is 0 Å². The van der Waals surface area contributed by atoms with Crippen molar-refractivity contribution in [2.75, 3.05) is 45.2 Å². The number of fused-ring (bicyclic) bond motifs is 1. The van der Waals surface area contributed by atoms with Crippen molar-refractivity contribution >= 4 is 15.9 Å². The number of carbonyl (C=O) groups excluding carboxylic acids is 1. The highest BCUT2D eigenvalue weighted by Gasteiger charge is 2.26. The Kier molecular flexibility index (Phi) is 5.61. The Morgan fingerprint density at radius 1 is 1.16 bits per heavy atom. The Morgan fingerprint density at radius 2 is 1.92 bits per heavy atom. The van der Waals surface area contributed by atoms with Gasteiger partial charge in [-0.25, -0.2) is 8.42 Å². The van der Waals surface area contributed by atoms with E-state index >= 15 is 0 Å². The molecule has 1 aromatic rings. The predicted octanol–water partition coefficient (Wildman–Crippen LogP) is 1.09. The molecule has 2 aliphatic rings. The molecule has 3 rings (SSSR count). The summed E-state index contributed by atoms with van der Waals surface area (Å²) in [6.07, 6.45) is 0.572. The van der Waals surface area contributed by atoms with E-state index in [0.717, 1.165) is 5.56 Å². The van der Waals surface area contributed by atoms with Crippen molar-refractivity contribution in [3.8, 4) is 5.75 Å². The minimum atomic E-state index is -3.31. The normalized spacial score (nSPS) is 19.0. The summed E-state index contributed by atoms with van der Waals surface area (Å²) >= 11 is 0. The van der Waals surface area contributed by atoms with Crippen LogP contribution in [-0.2, 0) is 21.3 Å². The summed E-state index contributed by atoms with van der Waals surface area (Å²) < 4.78 is 37.2. The lowest BCUT2D eigenvalue weighted by Crippen LogP contribution is -2.40. The number of ether oxygens (including phenoxy) is 2. The summed E-state index contributed by atoms with van der Waals surface area (Å²) in [4.78, 5) is 14.4. The van der Waals surface area contributed by atoms with E-state index in [9.17, 15) is 13.2 Å². The molecular weight excluding hydrogens is 344 g/mol. The second-order valence-corrected chi connectivity index (χ2v) is 8.31. The lowest BCUT2D eigenvalue weighted by atomic mass is 10.1. The van der Waals surface area contributed by atoms with Gasteiger partial charge in [0, 0.05) is 37.3 Å². The fraction of sp³-hybridized carbons (Fsp3) is 0.588. The predicted molar refractivity (Wildman–Crippen MR) is 93.1 cm³/mol. The summed E-state index contributed by atoms with van der Waals surface area (Å²) in [5, 5.41) is 0. The molecule has 1 aromatic carbocycles. The molecule has 0 unspecified atom stereocenters. The van der Waals surface area contributed by atoms with Gasteiger partial charge in [0.25, 0.3) is 5.91 Å². The van der Waals surface area contributed by atoms with Gasteiger partial charge in [0.05, 0.1) is 19.0 Å². The van der Waals surface area contributed by atoms with Crippen LogP contribution in [0.1, 0.15) is 29.3 Å². The molecule has 138 valence electrons. The fourth-order valence-electron chi connectivity index (χ4n) is 3.08. The highest BCUT2D eigenvalue weighted by atomic mass is 32.2. The highest BCUT2D eigenvalue weighted by molar-refractivity contribution is 7.89. The van der Waals surface area contributed by atoms with Crippen LogP contribution in [0.2, 0.25) is 0 Å². The van der Waals surface area contributed by atoms with E-state index in [1.54, 1.807) is 23.1 Å². The molecule has 0 saturated carbocycles. The van der Waals surface area contributed by atoms with Gasteiger partial charge >= 0.3 is 0 Å². The monoisotopic (exact) mass is 368 g/mol. The first-order chi connectivity index (χ1) is 12.0. The van der Waals surface area contributed by atoms with Crippen molar-refractivity contribution in [3.05, 3.63) is 29.3 Å². The Hall–Kier alpha value is -1.64. The maximum Gasteiger partial charge on any atom is 0.254 e. The third-order valence-electron chi connectivity index (χ3n) is 4.41. The number of hydrogen-bond donors (Lipinski definition) is 0. The second-order valence-electron chi connectivity index (χ2n) is 6.23. The number of carbonyl (C=O) groups is 1. The van der Waals surface area contributed by atoms with Gasteiger partial charge < -0.3 is 14.4 Å². The zero-order valence-corrected chi connectivity index (χ0v) is 15.3. The van der Waals surface area contributed by atoms with E-state index in [0.29, 0.717) is 57.2 Å². The minimum absolute atomic E-state index is 0.0571. The van der Waals surface area contributed by atoms with Crippen LogP contribution in [0.15, 0.2) is 18.2 Å². The van der Waals surface area contributed by atoms with E-state index in [4.69, 9.17) is 9.47 Å². The third kappa shape index (κ3) is 4.13. The summed E-state index contributed by atoms with van der Waals surface area (Å²) in [6.45, 7) is 4.95. The lowest BCUT2D eigenvalue weighted by Gasteiger charge is -2.27. The van der Waals surface area contributed by atoms with E-state index in [2.05, 4.69) is 0 Å². The molecule has 0 radical (unpaired) electrons. The number of hydrogen-bond acceptors (Lipinski definition) is 5. The van der Waals surface area contributed by atoms with Crippen LogP contribution in [0.4, 0.5) is 0 Å². The van der Waals surface area contributed by atoms with Crippen molar-refractivity contribution in [2.45, 2.75) is 19.9 Å². The largest absolute Gasteiger partial charge is 0.492 e. The molecule has 2 aliphatic heterocycles. The molecule has 0 aromatic heterocycles. The summed E-state index contributed by atoms with van der Waals surface area (Å²) in [7, 11) is -3.31. The number of amides is 1. The first-order valence-electron chi connectivity index (χ1n) is 8.62. The lowest BCUT2D eigenvalue weighted by molar-refractivity contribution is 0.0303. The standard InChI is InChI=1S/C17H24N2O5S/c1-2-11-25(21,22)19-7-10-24-16-4-3-14(12-15(16)13-19)17(20)18-5-8-23-9-6-18/h3-4,12H,2,5-11,13H2,1H3. The van der Waals surface area contributed by atoms with E-state index in [-0.39, 0.29) is 18.2 Å². The van der Waals surface area contributed by atoms with Gasteiger partial charge in [0.15, 0.2) is 0 Å². The van der Waals surface area contributed by atoms with Gasteiger partial charge in [0.1, 0.15) is 12.4 Å². The Labute approximate surface area is 148 Å². The van der Waals surface area contributed by atoms with Crippen molar-refractivity contribution in [3.63, 3.8) is 0 Å². The number of nitrogens with zero attached hydrogens (tertiary/aromatic N) is 2. The van der Waals surface area contributed by atoms with Gasteiger partial charge in [-0.05, 0) is 24.6 Å². The molecule has 25 heavy (non-hydrogen) atoms. The molecule has 1 fully saturated rings. The van der Waals surface area contributed by atoms with Gasteiger partial charge in [-0.15, -0.1) is 0 Å². The molecule has 0 aliphatic carbocycles. The van der Waals surface area contributed by atoms with Crippen LogP contribution in [-0.4, -0.2) is 68.7 Å². The fourth-order valence-corrected chi connectivity index (χ4v) is 4.54. The SMILES string of the molecule is CCCS(=O)(=O)N1CCOc2ccc(C(=O)N3CCOCC3)cc2C1. The van der Waals surface area contributed by atoms with Crippen LogP contribution in [0.25, 0.3) is 0 Å². The van der Waals surface area contributed by atoms with Crippen LogP contribution in [0.3, 0.4) is 0 Å². The zero-order valence-electron chi connectivity index (χ0n) is 14.4. The van der Waals surface area contributed by atoms with Crippen LogP contribution < -0.4 is 4.74 Å². The maximum atomic E-state index is 12.7. The average molecular weight is 368 g/mol. The van der Waals surface area contributed by atoms with E-state index in [1.807, 2.05) is 6.92 Å². The molecule has 1 amide bonds. The van der Waals surface area contributed by atoms with Gasteiger partial charge in [0.2, 0.25) is 10.0 Å². The molecular formula is C17H24N2O5S. The number of rotatable bonds is 4. The number of sulfonamides is 1. The molecule has 8 heteroatoms. The molecule has 1 saturated heterocycles. The van der Waals surface area contributed by atoms with Gasteiger partial charge in [-0.1, -0.05) is 6.92 Å². The topological polar surface area (TPSA) is 76.2 Å². The second kappa shape index (κ2) is 7.72. The molecule has 2 heterocycles. The van der Waals surface area contributed by atoms with E-state index in [1.165, 1.54) is 4.31 Å². The smallest absolute Gasteiger partial charge is 0.254 e. The molecule has 0 bridgehead atoms. The molecule has 0 spiro atoms. The third-order valence-corrected chi connectivity index (χ3v) is 6.43. The van der Waals surface area contributed by atoms with Gasteiger partial charge in [-0.2, -0.15) is 4.31 Å². The number of benzene rings is 1. The first kappa shape index (κ1) is 18.2. The summed E-state index contributed by atoms with van der Waals surface area (Å²) in [6, 6.07) is 5.26. The van der Waals surface area contributed by atoms with Crippen molar-refractivity contribution in [2.24, 2.45) is 0 Å².